The summed E-state index contributed by atoms with van der Waals surface area (Å²) < 4.78 is 23.4. The Morgan fingerprint density at radius 2 is 1.33 bits per heavy atom. The van der Waals surface area contributed by atoms with E-state index < -0.39 is 96.0 Å². The van der Waals surface area contributed by atoms with E-state index in [0.29, 0.717) is 44.9 Å². The molecule has 0 spiro atoms. The van der Waals surface area contributed by atoms with Gasteiger partial charge in [-0.15, -0.1) is 0 Å². The first kappa shape index (κ1) is 40.1. The highest BCUT2D eigenvalue weighted by Gasteiger charge is 2.73. The van der Waals surface area contributed by atoms with Crippen LogP contribution in [-0.4, -0.2) is 150 Å². The van der Waals surface area contributed by atoms with Crippen LogP contribution in [0.4, 0.5) is 0 Å². The van der Waals surface area contributed by atoms with Crippen LogP contribution >= 0.6 is 0 Å². The minimum Gasteiger partial charge on any atom is -0.393 e. The van der Waals surface area contributed by atoms with Gasteiger partial charge in [0.2, 0.25) is 0 Å². The molecule has 14 heteroatoms. The lowest BCUT2D eigenvalue weighted by Crippen LogP contribution is -2.75. The Morgan fingerprint density at radius 3 is 2.00 bits per heavy atom. The van der Waals surface area contributed by atoms with E-state index in [-0.39, 0.29) is 48.9 Å². The van der Waals surface area contributed by atoms with Gasteiger partial charge < -0.3 is 70.0 Å². The van der Waals surface area contributed by atoms with Crippen LogP contribution < -0.4 is 0 Å². The molecule has 3 unspecified atom stereocenters. The number of fused-ring (bicyclic) bond motifs is 5. The van der Waals surface area contributed by atoms with E-state index in [9.17, 15) is 51.1 Å². The van der Waals surface area contributed by atoms with E-state index >= 15 is 0 Å². The molecule has 6 fully saturated rings. The highest BCUT2D eigenvalue weighted by atomic mass is 16.7. The third-order valence-corrected chi connectivity index (χ3v) is 14.7. The minimum absolute atomic E-state index is 0.00374. The second-order valence-corrected chi connectivity index (χ2v) is 17.9. The molecule has 296 valence electrons. The Morgan fingerprint density at radius 1 is 0.706 bits per heavy atom. The third kappa shape index (κ3) is 6.74. The Bertz CT molecular complexity index is 1190. The van der Waals surface area contributed by atoms with E-state index in [2.05, 4.69) is 20.8 Å². The normalized spacial score (nSPS) is 54.4. The summed E-state index contributed by atoms with van der Waals surface area (Å²) in [6.45, 7) is 9.79. The van der Waals surface area contributed by atoms with Gasteiger partial charge in [0.05, 0.1) is 37.6 Å². The smallest absolute Gasteiger partial charge is 0.186 e. The molecule has 0 radical (unpaired) electrons. The fraction of sp³-hybridized carbons (Fsp3) is 1.00. The molecule has 0 amide bonds. The summed E-state index contributed by atoms with van der Waals surface area (Å²) in [5, 5.41) is 110. The van der Waals surface area contributed by atoms with Gasteiger partial charge in [0.1, 0.15) is 48.3 Å². The van der Waals surface area contributed by atoms with Gasteiger partial charge in [0.25, 0.3) is 0 Å². The van der Waals surface area contributed by atoms with Crippen LogP contribution in [-0.2, 0) is 18.9 Å². The maximum Gasteiger partial charge on any atom is 0.186 e. The molecule has 2 heterocycles. The van der Waals surface area contributed by atoms with E-state index in [1.54, 1.807) is 0 Å². The van der Waals surface area contributed by atoms with Crippen molar-refractivity contribution in [3.63, 3.8) is 0 Å². The van der Waals surface area contributed by atoms with Crippen molar-refractivity contribution in [3.8, 4) is 0 Å². The molecular weight excluding hydrogens is 668 g/mol. The quantitative estimate of drug-likeness (QED) is 0.142. The van der Waals surface area contributed by atoms with Gasteiger partial charge in [0.15, 0.2) is 12.6 Å². The zero-order valence-corrected chi connectivity index (χ0v) is 30.6. The SMILES string of the molecule is CC(C)[C@H](CC[C@@H](C)[C@H]1C[C@H](O)C2[C@@]3(O)C(CC[C@@]21C)[C@@]1(C)CC[C@H](O)CC1[C@@H](O)[C@H]3O)O[C@@H]1OC[C@@H](O)[C@H](O)[C@H]1O[C@@H]1OC[C@@H](O)[C@H](O)[C@H]1O. The number of hydrogen-bond donors (Lipinski definition) is 10. The molecule has 0 bridgehead atoms. The summed E-state index contributed by atoms with van der Waals surface area (Å²) >= 11 is 0. The minimum atomic E-state index is -1.68. The Balaban J connectivity index is 1.15. The average Bonchev–Trinajstić information content (AvgIpc) is 3.36. The molecule has 6 rings (SSSR count). The fourth-order valence-corrected chi connectivity index (χ4v) is 11.8. The predicted molar refractivity (Wildman–Crippen MR) is 179 cm³/mol. The van der Waals surface area contributed by atoms with Crippen LogP contribution in [0.5, 0.6) is 0 Å². The summed E-state index contributed by atoms with van der Waals surface area (Å²) in [7, 11) is 0. The second kappa shape index (κ2) is 14.8. The van der Waals surface area contributed by atoms with Crippen LogP contribution in [0.2, 0.25) is 0 Å². The lowest BCUT2D eigenvalue weighted by atomic mass is 9.41. The topological polar surface area (TPSA) is 239 Å². The van der Waals surface area contributed by atoms with E-state index in [1.165, 1.54) is 0 Å². The molecule has 2 saturated heterocycles. The van der Waals surface area contributed by atoms with Crippen LogP contribution in [0.25, 0.3) is 0 Å². The lowest BCUT2D eigenvalue weighted by Gasteiger charge is -2.67. The van der Waals surface area contributed by atoms with Crippen LogP contribution in [0.1, 0.15) is 86.0 Å². The maximum atomic E-state index is 12.6. The summed E-state index contributed by atoms with van der Waals surface area (Å²) in [6.07, 6.45) is -10.8. The summed E-state index contributed by atoms with van der Waals surface area (Å²) in [4.78, 5) is 0. The summed E-state index contributed by atoms with van der Waals surface area (Å²) in [6, 6.07) is 0. The first-order valence-electron chi connectivity index (χ1n) is 19.2. The molecule has 0 aromatic rings. The summed E-state index contributed by atoms with van der Waals surface area (Å²) in [5.41, 5.74) is -2.67. The molecule has 4 saturated carbocycles. The van der Waals surface area contributed by atoms with Crippen LogP contribution in [0.3, 0.4) is 0 Å². The Labute approximate surface area is 300 Å². The molecule has 0 aromatic carbocycles. The molecule has 14 nitrogen and oxygen atoms in total. The highest BCUT2D eigenvalue weighted by molar-refractivity contribution is 5.23. The number of ether oxygens (including phenoxy) is 4. The van der Waals surface area contributed by atoms with Gasteiger partial charge in [-0.1, -0.05) is 34.6 Å². The van der Waals surface area contributed by atoms with Gasteiger partial charge in [-0.25, -0.2) is 0 Å². The Kier molecular flexibility index (Phi) is 11.7. The average molecular weight is 733 g/mol. The first-order valence-corrected chi connectivity index (χ1v) is 19.2. The van der Waals surface area contributed by atoms with Crippen molar-refractivity contribution in [2.24, 2.45) is 46.3 Å². The second-order valence-electron chi connectivity index (χ2n) is 17.9. The van der Waals surface area contributed by atoms with Gasteiger partial charge in [-0.2, -0.15) is 0 Å². The standard InChI is InChI=1S/C37H64O14/c1-16(2)24(50-34-30(28(44)23(41)15-49-34)51-33-29(45)27(43)22(40)14-48-33)7-6-17(3)19-13-21(39)31-36(19,5)11-9-25-35(4)10-8-18(38)12-20(35)26(42)32(46)37(25,31)47/h16-34,38-47H,6-15H2,1-5H3/t17-,18+,19-,20?,21+,22-,23-,24+,25?,26-,27+,28+,29-,30-,31?,32-,33+,34+,35+,36-,37+/m1/s1. The van der Waals surface area contributed by atoms with Crippen molar-refractivity contribution < 1.29 is 70.0 Å². The van der Waals surface area contributed by atoms with Gasteiger partial charge in [0, 0.05) is 5.92 Å². The Hall–Kier alpha value is -0.560. The first-order chi connectivity index (χ1) is 23.9. The number of rotatable bonds is 9. The molecule has 0 aromatic heterocycles. The van der Waals surface area contributed by atoms with Gasteiger partial charge in [-0.3, -0.25) is 0 Å². The molecular formula is C37H64O14. The number of aliphatic hydroxyl groups is 10. The van der Waals surface area contributed by atoms with Crippen LogP contribution in [0, 0.1) is 46.3 Å². The summed E-state index contributed by atoms with van der Waals surface area (Å²) in [5.74, 6) is -1.23. The fourth-order valence-electron chi connectivity index (χ4n) is 11.8. The van der Waals surface area contributed by atoms with Crippen molar-refractivity contribution in [2.75, 3.05) is 13.2 Å². The zero-order chi connectivity index (χ0) is 37.4. The molecule has 6 aliphatic rings. The van der Waals surface area contributed by atoms with E-state index in [1.807, 2.05) is 13.8 Å². The van der Waals surface area contributed by atoms with Crippen molar-refractivity contribution in [1.82, 2.24) is 0 Å². The molecule has 2 aliphatic heterocycles. The van der Waals surface area contributed by atoms with Crippen molar-refractivity contribution in [3.05, 3.63) is 0 Å². The highest BCUT2D eigenvalue weighted by Crippen LogP contribution is 2.69. The van der Waals surface area contributed by atoms with Gasteiger partial charge in [-0.05, 0) is 91.8 Å². The predicted octanol–water partition coefficient (Wildman–Crippen LogP) is -0.607. The van der Waals surface area contributed by atoms with E-state index in [0.717, 1.165) is 6.42 Å². The van der Waals surface area contributed by atoms with E-state index in [4.69, 9.17) is 18.9 Å². The largest absolute Gasteiger partial charge is 0.393 e. The van der Waals surface area contributed by atoms with Crippen LogP contribution in [0.15, 0.2) is 0 Å². The molecule has 4 aliphatic carbocycles. The lowest BCUT2D eigenvalue weighted by molar-refractivity contribution is -0.350. The van der Waals surface area contributed by atoms with Gasteiger partial charge >= 0.3 is 0 Å². The third-order valence-electron chi connectivity index (χ3n) is 14.7. The zero-order valence-electron chi connectivity index (χ0n) is 30.6. The molecule has 51 heavy (non-hydrogen) atoms. The monoisotopic (exact) mass is 732 g/mol. The maximum absolute atomic E-state index is 12.6. The number of hydrogen-bond acceptors (Lipinski definition) is 14. The van der Waals surface area contributed by atoms with Crippen molar-refractivity contribution in [2.45, 2.75) is 171 Å². The number of aliphatic hydroxyl groups excluding tert-OH is 9. The van der Waals surface area contributed by atoms with Crippen molar-refractivity contribution >= 4 is 0 Å². The molecule has 21 atom stereocenters. The molecule has 10 N–H and O–H groups in total. The van der Waals surface area contributed by atoms with Crippen molar-refractivity contribution in [1.29, 1.82) is 0 Å².